The zero-order chi connectivity index (χ0) is 61.5. The van der Waals surface area contributed by atoms with Gasteiger partial charge < -0.3 is 35.6 Å². The molecule has 4 aromatic carbocycles. The lowest BCUT2D eigenvalue weighted by atomic mass is 9.76. The number of nitrogens with one attached hydrogen (secondary N) is 3. The van der Waals surface area contributed by atoms with E-state index in [0.717, 1.165) is 35.1 Å². The van der Waals surface area contributed by atoms with Gasteiger partial charge >= 0.3 is 0 Å². The summed E-state index contributed by atoms with van der Waals surface area (Å²) in [6, 6.07) is 24.3. The van der Waals surface area contributed by atoms with Crippen LogP contribution in [0.3, 0.4) is 0 Å². The molecule has 6 atom stereocenters. The first kappa shape index (κ1) is 68.6. The van der Waals surface area contributed by atoms with Crippen LogP contribution in [0.15, 0.2) is 97.1 Å². The SMILES string of the molecule is C.CC[C@@H](C)C(=O)N[C@H](C(=O)N1CCC[C@H]1CN(CCc1ccc(F)cc1)C(=O)CCC(=O)c1ccc(-c2ccc(C(=O)NCC(=O)N(CCc3ccc(F)cc3)C[C@@H]3CCCN3C(=O)[C@@H](CC(=O)[C@H](C)NC)C(C)(C)C)cc2)cc1)C(C)(C)C. The summed E-state index contributed by atoms with van der Waals surface area (Å²) in [6.07, 6.45) is 4.27. The molecular formula is C68H93F2N7O8. The van der Waals surface area contributed by atoms with Gasteiger partial charge in [-0.25, -0.2) is 8.78 Å². The Bertz CT molecular complexity index is 2710. The molecule has 2 heterocycles. The van der Waals surface area contributed by atoms with Gasteiger partial charge in [0.1, 0.15) is 23.5 Å². The lowest BCUT2D eigenvalue weighted by molar-refractivity contribution is -0.144. The average Bonchev–Trinajstić information content (AvgIpc) is 3.20. The minimum atomic E-state index is -0.763. The summed E-state index contributed by atoms with van der Waals surface area (Å²) in [4.78, 5) is 117. The van der Waals surface area contributed by atoms with E-state index in [0.29, 0.717) is 62.9 Å². The molecule has 85 heavy (non-hydrogen) atoms. The van der Waals surface area contributed by atoms with E-state index in [2.05, 4.69) is 16.0 Å². The normalized spacial score (nSPS) is 16.6. The van der Waals surface area contributed by atoms with Gasteiger partial charge in [0.15, 0.2) is 5.78 Å². The number of nitrogens with zero attached hydrogens (tertiary/aromatic N) is 4. The summed E-state index contributed by atoms with van der Waals surface area (Å²) >= 11 is 0. The maximum absolute atomic E-state index is 14.3. The second-order valence-electron chi connectivity index (χ2n) is 25.1. The van der Waals surface area contributed by atoms with E-state index in [1.54, 1.807) is 101 Å². The molecule has 0 aromatic heterocycles. The molecule has 17 heteroatoms. The fraction of sp³-hybridized carbons (Fsp3) is 0.529. The molecule has 2 aliphatic rings. The van der Waals surface area contributed by atoms with Gasteiger partial charge in [0, 0.05) is 93.6 Å². The zero-order valence-electron chi connectivity index (χ0n) is 51.0. The van der Waals surface area contributed by atoms with E-state index in [1.807, 2.05) is 60.3 Å². The van der Waals surface area contributed by atoms with Crippen LogP contribution in [0.5, 0.6) is 0 Å². The van der Waals surface area contributed by atoms with E-state index < -0.39 is 34.7 Å². The van der Waals surface area contributed by atoms with Crippen LogP contribution in [0.2, 0.25) is 0 Å². The van der Waals surface area contributed by atoms with Gasteiger partial charge in [0.2, 0.25) is 29.5 Å². The van der Waals surface area contributed by atoms with Crippen molar-refractivity contribution in [3.05, 3.63) is 131 Å². The van der Waals surface area contributed by atoms with Gasteiger partial charge in [-0.05, 0) is 128 Å². The number of carbonyl (C=O) groups is 8. The molecule has 6 rings (SSSR count). The van der Waals surface area contributed by atoms with E-state index in [9.17, 15) is 47.1 Å². The molecule has 0 spiro atoms. The van der Waals surface area contributed by atoms with Gasteiger partial charge in [-0.15, -0.1) is 0 Å². The molecule has 2 saturated heterocycles. The number of amides is 6. The fourth-order valence-electron chi connectivity index (χ4n) is 10.9. The van der Waals surface area contributed by atoms with Crippen LogP contribution >= 0.6 is 0 Å². The van der Waals surface area contributed by atoms with Crippen molar-refractivity contribution in [2.45, 2.75) is 158 Å². The number of Topliss-reactive ketones (excluding diaryl/α,β-unsaturated/α-hetero) is 2. The summed E-state index contributed by atoms with van der Waals surface area (Å²) in [6.45, 7) is 18.9. The third-order valence-corrected chi connectivity index (χ3v) is 16.8. The van der Waals surface area contributed by atoms with Crippen LogP contribution in [-0.2, 0) is 41.6 Å². The molecule has 462 valence electrons. The zero-order valence-corrected chi connectivity index (χ0v) is 51.0. The van der Waals surface area contributed by atoms with Crippen molar-refractivity contribution < 1.29 is 47.1 Å². The Kier molecular flexibility index (Phi) is 25.3. The maximum Gasteiger partial charge on any atom is 0.251 e. The smallest absolute Gasteiger partial charge is 0.251 e. The summed E-state index contributed by atoms with van der Waals surface area (Å²) in [7, 11) is 1.71. The molecule has 0 unspecified atom stereocenters. The van der Waals surface area contributed by atoms with Crippen LogP contribution in [-0.4, -0.2) is 144 Å². The van der Waals surface area contributed by atoms with Crippen molar-refractivity contribution >= 4 is 47.0 Å². The van der Waals surface area contributed by atoms with Gasteiger partial charge in [-0.3, -0.25) is 38.4 Å². The number of ketones is 2. The number of halogens is 2. The summed E-state index contributed by atoms with van der Waals surface area (Å²) in [5.74, 6) is -3.36. The van der Waals surface area contributed by atoms with Crippen molar-refractivity contribution in [3.8, 4) is 11.1 Å². The number of rotatable bonds is 27. The molecule has 0 aliphatic carbocycles. The molecule has 2 aliphatic heterocycles. The van der Waals surface area contributed by atoms with Crippen LogP contribution < -0.4 is 16.0 Å². The van der Waals surface area contributed by atoms with Gasteiger partial charge in [0.25, 0.3) is 5.91 Å². The van der Waals surface area contributed by atoms with E-state index in [4.69, 9.17) is 0 Å². The van der Waals surface area contributed by atoms with Crippen molar-refractivity contribution in [1.29, 1.82) is 0 Å². The first-order chi connectivity index (χ1) is 39.8. The predicted molar refractivity (Wildman–Crippen MR) is 329 cm³/mol. The van der Waals surface area contributed by atoms with Crippen molar-refractivity contribution in [2.24, 2.45) is 22.7 Å². The van der Waals surface area contributed by atoms with E-state index >= 15 is 0 Å². The van der Waals surface area contributed by atoms with Crippen molar-refractivity contribution in [1.82, 2.24) is 35.6 Å². The second-order valence-corrected chi connectivity index (χ2v) is 25.1. The first-order valence-corrected chi connectivity index (χ1v) is 30.0. The number of likely N-dealkylation sites (N-methyl/N-ethyl adjacent to an activating group) is 1. The number of likely N-dealkylation sites (tertiary alicyclic amines) is 2. The number of hydrogen-bond donors (Lipinski definition) is 3. The van der Waals surface area contributed by atoms with Crippen molar-refractivity contribution in [2.75, 3.05) is 52.9 Å². The lowest BCUT2D eigenvalue weighted by Crippen LogP contribution is -2.57. The molecule has 2 fully saturated rings. The Morgan fingerprint density at radius 2 is 1.09 bits per heavy atom. The molecule has 3 N–H and O–H groups in total. The van der Waals surface area contributed by atoms with E-state index in [1.165, 1.54) is 24.3 Å². The average molecular weight is 1170 g/mol. The van der Waals surface area contributed by atoms with Gasteiger partial charge in [0.05, 0.1) is 12.6 Å². The highest BCUT2D eigenvalue weighted by Crippen LogP contribution is 2.34. The summed E-state index contributed by atoms with van der Waals surface area (Å²) in [5.41, 5.74) is 2.90. The molecule has 6 amide bonds. The minimum Gasteiger partial charge on any atom is -0.344 e. The Labute approximate surface area is 503 Å². The largest absolute Gasteiger partial charge is 0.344 e. The Morgan fingerprint density at radius 3 is 1.55 bits per heavy atom. The molecule has 0 bridgehead atoms. The molecule has 0 radical (unpaired) electrons. The standard InChI is InChI=1S/C67H89F2N7O8.CH4/c1-11-44(2)62(81)72-61(67(7,8)9)65(84)76-37-13-15-55(76)42-73(38-34-46-16-28-52(68)29-17-46)59(79)33-32-57(77)50-24-20-48(21-25-50)49-22-26-51(27-23-49)63(82)71-41-60(80)74(39-35-47-18-30-53(69)31-19-47)43-54-14-12-36-75(54)64(83)56(66(4,5)6)40-58(78)45(3)70-10;/h16-31,44-45,54-56,61,70H,11-15,32-43H2,1-10H3,(H,71,82)(H,72,81);1H4/t44-,45+,54+,55+,56-,61-;/m1./s1. The highest BCUT2D eigenvalue weighted by atomic mass is 19.1. The molecular weight excluding hydrogens is 1080 g/mol. The van der Waals surface area contributed by atoms with E-state index in [-0.39, 0.29) is 124 Å². The topological polar surface area (TPSA) is 186 Å². The summed E-state index contributed by atoms with van der Waals surface area (Å²) < 4.78 is 27.6. The fourth-order valence-corrected chi connectivity index (χ4v) is 10.9. The Balaban J connectivity index is 0.0000132. The van der Waals surface area contributed by atoms with Gasteiger partial charge in [-0.1, -0.05) is 123 Å². The van der Waals surface area contributed by atoms with Crippen LogP contribution in [0, 0.1) is 34.3 Å². The molecule has 4 aromatic rings. The van der Waals surface area contributed by atoms with Gasteiger partial charge in [-0.2, -0.15) is 0 Å². The van der Waals surface area contributed by atoms with Crippen LogP contribution in [0.1, 0.15) is 153 Å². The molecule has 15 nitrogen and oxygen atoms in total. The molecule has 0 saturated carbocycles. The third kappa shape index (κ3) is 19.4. The summed E-state index contributed by atoms with van der Waals surface area (Å²) in [5, 5.41) is 8.77. The third-order valence-electron chi connectivity index (χ3n) is 16.8. The maximum atomic E-state index is 14.3. The monoisotopic (exact) mass is 1170 g/mol. The quantitative estimate of drug-likeness (QED) is 0.0489. The first-order valence-electron chi connectivity index (χ1n) is 30.0. The lowest BCUT2D eigenvalue weighted by Gasteiger charge is -2.37. The second kappa shape index (κ2) is 31.3. The van der Waals surface area contributed by atoms with Crippen LogP contribution in [0.25, 0.3) is 11.1 Å². The van der Waals surface area contributed by atoms with Crippen LogP contribution in [0.4, 0.5) is 8.78 Å². The number of benzene rings is 4. The number of carbonyl (C=O) groups excluding carboxylic acids is 8. The Hall–Kier alpha value is -7.14. The highest BCUT2D eigenvalue weighted by molar-refractivity contribution is 5.99. The number of hydrogen-bond acceptors (Lipinski definition) is 9. The predicted octanol–water partition coefficient (Wildman–Crippen LogP) is 9.89. The minimum absolute atomic E-state index is 0. The Morgan fingerprint density at radius 1 is 0.624 bits per heavy atom. The highest BCUT2D eigenvalue weighted by Gasteiger charge is 2.43. The van der Waals surface area contributed by atoms with Crippen molar-refractivity contribution in [3.63, 3.8) is 0 Å².